The van der Waals surface area contributed by atoms with Crippen molar-refractivity contribution >= 4 is 23.9 Å². The molecule has 1 fully saturated rings. The van der Waals surface area contributed by atoms with Crippen LogP contribution in [0.3, 0.4) is 0 Å². The first-order chi connectivity index (χ1) is 12.0. The van der Waals surface area contributed by atoms with Crippen LogP contribution in [0.25, 0.3) is 6.08 Å². The minimum atomic E-state index is -0.829. The Labute approximate surface area is 147 Å². The Morgan fingerprint density at radius 3 is 2.60 bits per heavy atom. The molecule has 0 saturated carbocycles. The van der Waals surface area contributed by atoms with E-state index in [2.05, 4.69) is 5.32 Å². The number of amides is 2. The van der Waals surface area contributed by atoms with Crippen LogP contribution in [-0.4, -0.2) is 47.4 Å². The highest BCUT2D eigenvalue weighted by molar-refractivity contribution is 5.95. The van der Waals surface area contributed by atoms with E-state index in [1.165, 1.54) is 6.08 Å². The fourth-order valence-corrected chi connectivity index (χ4v) is 3.03. The third-order valence-electron chi connectivity index (χ3n) is 4.42. The summed E-state index contributed by atoms with van der Waals surface area (Å²) in [4.78, 5) is 36.5. The minimum absolute atomic E-state index is 0.00220. The largest absolute Gasteiger partial charge is 0.481 e. The standard InChI is InChI=1S/C19H24N2O4/c1-20-19(25)15-8-5-14(6-9-15)7-11-17(22)21-13-3-2-4-16(21)10-12-18(23)24/h5-9,11,16H,2-4,10,12-13H2,1H3,(H,20,25)(H,23,24)/b11-7+. The summed E-state index contributed by atoms with van der Waals surface area (Å²) in [6, 6.07) is 6.98. The van der Waals surface area contributed by atoms with E-state index in [0.29, 0.717) is 18.5 Å². The van der Waals surface area contributed by atoms with Crippen molar-refractivity contribution in [2.75, 3.05) is 13.6 Å². The lowest BCUT2D eigenvalue weighted by atomic mass is 9.97. The number of carbonyl (C=O) groups excluding carboxylic acids is 2. The van der Waals surface area contributed by atoms with Crippen LogP contribution in [0, 0.1) is 0 Å². The second-order valence-electron chi connectivity index (χ2n) is 6.15. The number of likely N-dealkylation sites (tertiary alicyclic amines) is 1. The van der Waals surface area contributed by atoms with Crippen LogP contribution in [0.1, 0.15) is 48.0 Å². The first kappa shape index (κ1) is 18.7. The van der Waals surface area contributed by atoms with E-state index < -0.39 is 5.97 Å². The maximum absolute atomic E-state index is 12.5. The van der Waals surface area contributed by atoms with Crippen molar-refractivity contribution in [3.05, 3.63) is 41.5 Å². The molecule has 2 N–H and O–H groups in total. The molecule has 1 heterocycles. The zero-order chi connectivity index (χ0) is 18.2. The first-order valence-electron chi connectivity index (χ1n) is 8.54. The Balaban J connectivity index is 1.99. The van der Waals surface area contributed by atoms with Crippen LogP contribution in [0.5, 0.6) is 0 Å². The summed E-state index contributed by atoms with van der Waals surface area (Å²) in [6.45, 7) is 0.670. The van der Waals surface area contributed by atoms with Crippen molar-refractivity contribution in [1.82, 2.24) is 10.2 Å². The van der Waals surface area contributed by atoms with Crippen LogP contribution in [-0.2, 0) is 9.59 Å². The highest BCUT2D eigenvalue weighted by atomic mass is 16.4. The fraction of sp³-hybridized carbons (Fsp3) is 0.421. The molecular weight excluding hydrogens is 320 g/mol. The topological polar surface area (TPSA) is 86.7 Å². The van der Waals surface area contributed by atoms with E-state index in [0.717, 1.165) is 24.8 Å². The zero-order valence-electron chi connectivity index (χ0n) is 14.4. The van der Waals surface area contributed by atoms with E-state index >= 15 is 0 Å². The van der Waals surface area contributed by atoms with Gasteiger partial charge in [0.05, 0.1) is 0 Å². The summed E-state index contributed by atoms with van der Waals surface area (Å²) in [5.74, 6) is -1.07. The van der Waals surface area contributed by atoms with Crippen molar-refractivity contribution in [1.29, 1.82) is 0 Å². The third kappa shape index (κ3) is 5.45. The molecule has 25 heavy (non-hydrogen) atoms. The Hall–Kier alpha value is -2.63. The average molecular weight is 344 g/mol. The molecule has 2 rings (SSSR count). The number of hydrogen-bond donors (Lipinski definition) is 2. The maximum Gasteiger partial charge on any atom is 0.303 e. The Morgan fingerprint density at radius 2 is 1.96 bits per heavy atom. The number of carboxylic acids is 1. The van der Waals surface area contributed by atoms with Gasteiger partial charge < -0.3 is 15.3 Å². The molecule has 0 aliphatic carbocycles. The second-order valence-corrected chi connectivity index (χ2v) is 6.15. The van der Waals surface area contributed by atoms with Crippen molar-refractivity contribution < 1.29 is 19.5 Å². The molecule has 6 nitrogen and oxygen atoms in total. The molecule has 2 amide bonds. The number of carboxylic acid groups (broad SMARTS) is 1. The summed E-state index contributed by atoms with van der Waals surface area (Å²) < 4.78 is 0. The zero-order valence-corrected chi connectivity index (χ0v) is 14.4. The number of nitrogens with one attached hydrogen (secondary N) is 1. The molecular formula is C19H24N2O4. The molecule has 1 unspecified atom stereocenters. The molecule has 1 aliphatic rings. The molecule has 1 aliphatic heterocycles. The second kappa shape index (κ2) is 9.01. The van der Waals surface area contributed by atoms with E-state index in [9.17, 15) is 14.4 Å². The third-order valence-corrected chi connectivity index (χ3v) is 4.42. The van der Waals surface area contributed by atoms with E-state index in [-0.39, 0.29) is 24.3 Å². The minimum Gasteiger partial charge on any atom is -0.481 e. The fourth-order valence-electron chi connectivity index (χ4n) is 3.03. The van der Waals surface area contributed by atoms with Crippen molar-refractivity contribution in [3.8, 4) is 0 Å². The smallest absolute Gasteiger partial charge is 0.303 e. The molecule has 134 valence electrons. The highest BCUT2D eigenvalue weighted by Gasteiger charge is 2.25. The van der Waals surface area contributed by atoms with Crippen LogP contribution in [0.2, 0.25) is 0 Å². The molecule has 6 heteroatoms. The Kier molecular flexibility index (Phi) is 6.74. The number of benzene rings is 1. The van der Waals surface area contributed by atoms with Gasteiger partial charge in [0, 0.05) is 37.7 Å². The number of carbonyl (C=O) groups is 3. The monoisotopic (exact) mass is 344 g/mol. The van der Waals surface area contributed by atoms with E-state index in [1.807, 2.05) is 0 Å². The molecule has 0 bridgehead atoms. The molecule has 0 aromatic heterocycles. The van der Waals surface area contributed by atoms with Gasteiger partial charge in [0.2, 0.25) is 5.91 Å². The average Bonchev–Trinajstić information content (AvgIpc) is 2.64. The van der Waals surface area contributed by atoms with Gasteiger partial charge in [0.25, 0.3) is 5.91 Å². The summed E-state index contributed by atoms with van der Waals surface area (Å²) >= 11 is 0. The number of aliphatic carboxylic acids is 1. The number of piperidine rings is 1. The van der Waals surface area contributed by atoms with Gasteiger partial charge in [-0.1, -0.05) is 12.1 Å². The summed E-state index contributed by atoms with van der Waals surface area (Å²) in [6.07, 6.45) is 6.65. The quantitative estimate of drug-likeness (QED) is 0.775. The normalized spacial score (nSPS) is 17.5. The number of rotatable bonds is 6. The molecule has 1 atom stereocenters. The van der Waals surface area contributed by atoms with Gasteiger partial charge >= 0.3 is 5.97 Å². The van der Waals surface area contributed by atoms with Crippen LogP contribution >= 0.6 is 0 Å². The van der Waals surface area contributed by atoms with Crippen LogP contribution < -0.4 is 5.32 Å². The van der Waals surface area contributed by atoms with Gasteiger partial charge in [0.1, 0.15) is 0 Å². The lowest BCUT2D eigenvalue weighted by molar-refractivity contribution is -0.138. The Bertz CT molecular complexity index is 652. The summed E-state index contributed by atoms with van der Waals surface area (Å²) in [5, 5.41) is 11.4. The SMILES string of the molecule is CNC(=O)c1ccc(/C=C/C(=O)N2CCCCC2CCC(=O)O)cc1. The number of hydrogen-bond acceptors (Lipinski definition) is 3. The predicted molar refractivity (Wildman–Crippen MR) is 95.1 cm³/mol. The summed E-state index contributed by atoms with van der Waals surface area (Å²) in [5.41, 5.74) is 1.40. The summed E-state index contributed by atoms with van der Waals surface area (Å²) in [7, 11) is 1.58. The maximum atomic E-state index is 12.5. The molecule has 0 spiro atoms. The van der Waals surface area contributed by atoms with Crippen molar-refractivity contribution in [3.63, 3.8) is 0 Å². The lowest BCUT2D eigenvalue weighted by Crippen LogP contribution is -2.43. The van der Waals surface area contributed by atoms with E-state index in [1.54, 1.807) is 42.3 Å². The molecule has 1 aromatic rings. The van der Waals surface area contributed by atoms with Crippen LogP contribution in [0.4, 0.5) is 0 Å². The predicted octanol–water partition coefficient (Wildman–Crippen LogP) is 2.31. The number of nitrogens with zero attached hydrogens (tertiary/aromatic N) is 1. The first-order valence-corrected chi connectivity index (χ1v) is 8.54. The molecule has 1 aromatic carbocycles. The van der Waals surface area contributed by atoms with E-state index in [4.69, 9.17) is 5.11 Å². The van der Waals surface area contributed by atoms with Crippen LogP contribution in [0.15, 0.2) is 30.3 Å². The lowest BCUT2D eigenvalue weighted by Gasteiger charge is -2.35. The van der Waals surface area contributed by atoms with Gasteiger partial charge in [-0.25, -0.2) is 0 Å². The van der Waals surface area contributed by atoms with Gasteiger partial charge in [-0.15, -0.1) is 0 Å². The molecule has 0 radical (unpaired) electrons. The van der Waals surface area contributed by atoms with Gasteiger partial charge in [-0.05, 0) is 49.5 Å². The van der Waals surface area contributed by atoms with Gasteiger partial charge in [-0.2, -0.15) is 0 Å². The van der Waals surface area contributed by atoms with Gasteiger partial charge in [0.15, 0.2) is 0 Å². The van der Waals surface area contributed by atoms with Gasteiger partial charge in [-0.3, -0.25) is 14.4 Å². The highest BCUT2D eigenvalue weighted by Crippen LogP contribution is 2.21. The molecule has 1 saturated heterocycles. The van der Waals surface area contributed by atoms with Crippen molar-refractivity contribution in [2.45, 2.75) is 38.1 Å². The Morgan fingerprint density at radius 1 is 1.24 bits per heavy atom. The van der Waals surface area contributed by atoms with Crippen molar-refractivity contribution in [2.24, 2.45) is 0 Å².